The van der Waals surface area contributed by atoms with E-state index < -0.39 is 21.1 Å². The highest BCUT2D eigenvalue weighted by Gasteiger charge is 2.33. The average molecular weight is 403 g/mol. The van der Waals surface area contributed by atoms with Gasteiger partial charge in [0.05, 0.1) is 6.61 Å². The highest BCUT2D eigenvalue weighted by atomic mass is 32.2. The number of nitrogens with one attached hydrogen (secondary N) is 2. The number of anilines is 1. The molecule has 0 saturated carbocycles. The van der Waals surface area contributed by atoms with Gasteiger partial charge in [0.1, 0.15) is 5.69 Å². The van der Waals surface area contributed by atoms with E-state index >= 15 is 0 Å². The molecule has 0 spiro atoms. The molecule has 2 aromatic rings. The van der Waals surface area contributed by atoms with Crippen LogP contribution in [0.1, 0.15) is 47.2 Å². The van der Waals surface area contributed by atoms with E-state index in [1.54, 1.807) is 0 Å². The van der Waals surface area contributed by atoms with Gasteiger partial charge in [-0.1, -0.05) is 11.2 Å². The Kier molecular flexibility index (Phi) is 4.08. The Balaban J connectivity index is 1.41. The number of amides is 2. The molecule has 148 valence electrons. The van der Waals surface area contributed by atoms with Gasteiger partial charge in [0.25, 0.3) is 0 Å². The van der Waals surface area contributed by atoms with Crippen LogP contribution in [0, 0.1) is 0 Å². The zero-order chi connectivity index (χ0) is 19.3. The third-order valence-electron chi connectivity index (χ3n) is 5.67. The average Bonchev–Trinajstić information content (AvgIpc) is 3.39. The van der Waals surface area contributed by atoms with Crippen LogP contribution in [-0.2, 0) is 42.1 Å². The molecule has 0 unspecified atom stereocenters. The smallest absolute Gasteiger partial charge is 0.333 e. The van der Waals surface area contributed by atoms with Crippen molar-refractivity contribution in [2.24, 2.45) is 0 Å². The third kappa shape index (κ3) is 2.85. The van der Waals surface area contributed by atoms with Gasteiger partial charge in [-0.05, 0) is 67.2 Å². The minimum atomic E-state index is -4.22. The van der Waals surface area contributed by atoms with Crippen molar-refractivity contribution in [1.29, 1.82) is 0 Å². The van der Waals surface area contributed by atoms with Crippen molar-refractivity contribution in [2.45, 2.75) is 56.5 Å². The lowest BCUT2D eigenvalue weighted by Gasteiger charge is -2.16. The summed E-state index contributed by atoms with van der Waals surface area (Å²) >= 11 is 0. The van der Waals surface area contributed by atoms with E-state index in [0.29, 0.717) is 18.7 Å². The SMILES string of the molecule is O=C(Nc1c2c(cc3c1CCC3)CCC2)NS(=O)(=O)c1onc2c1OCCC2. The van der Waals surface area contributed by atoms with Crippen LogP contribution in [-0.4, -0.2) is 26.2 Å². The molecule has 0 bridgehead atoms. The standard InChI is InChI=1S/C19H21N3O5S/c23-19(22-28(24,25)18-17-15(21-27-18)8-3-9-26-17)20-16-13-6-1-4-11(13)10-12-5-2-7-14(12)16/h10H,1-9H2,(H2,20,22,23). The maximum absolute atomic E-state index is 12.6. The van der Waals surface area contributed by atoms with Crippen molar-refractivity contribution in [3.05, 3.63) is 34.0 Å². The fourth-order valence-corrected chi connectivity index (χ4v) is 5.40. The van der Waals surface area contributed by atoms with Gasteiger partial charge in [-0.15, -0.1) is 0 Å². The number of hydrogen-bond acceptors (Lipinski definition) is 6. The zero-order valence-corrected chi connectivity index (χ0v) is 16.2. The van der Waals surface area contributed by atoms with E-state index in [9.17, 15) is 13.2 Å². The molecule has 1 aromatic carbocycles. The van der Waals surface area contributed by atoms with Gasteiger partial charge < -0.3 is 14.6 Å². The van der Waals surface area contributed by atoms with Gasteiger partial charge in [0.15, 0.2) is 0 Å². The van der Waals surface area contributed by atoms with E-state index in [1.165, 1.54) is 11.1 Å². The second-order valence-electron chi connectivity index (χ2n) is 7.49. The number of fused-ring (bicyclic) bond motifs is 3. The molecule has 2 heterocycles. The van der Waals surface area contributed by atoms with E-state index in [-0.39, 0.29) is 5.75 Å². The summed E-state index contributed by atoms with van der Waals surface area (Å²) in [5.41, 5.74) is 6.03. The minimum absolute atomic E-state index is 0.105. The van der Waals surface area contributed by atoms with Crippen LogP contribution >= 0.6 is 0 Å². The Morgan fingerprint density at radius 3 is 2.43 bits per heavy atom. The molecule has 2 N–H and O–H groups in total. The topological polar surface area (TPSA) is 111 Å². The quantitative estimate of drug-likeness (QED) is 0.815. The highest BCUT2D eigenvalue weighted by molar-refractivity contribution is 7.90. The maximum Gasteiger partial charge on any atom is 0.333 e. The molecule has 9 heteroatoms. The number of aromatic nitrogens is 1. The molecule has 1 aromatic heterocycles. The molecule has 3 aliphatic rings. The minimum Gasteiger partial charge on any atom is -0.487 e. The molecule has 5 rings (SSSR count). The summed E-state index contributed by atoms with van der Waals surface area (Å²) in [6.07, 6.45) is 7.23. The fraction of sp³-hybridized carbons (Fsp3) is 0.474. The Labute approximate surface area is 162 Å². The molecule has 0 atom stereocenters. The number of urea groups is 1. The Bertz CT molecular complexity index is 1040. The molecule has 1 aliphatic heterocycles. The largest absolute Gasteiger partial charge is 0.487 e. The number of nitrogens with zero attached hydrogens (tertiary/aromatic N) is 1. The number of sulfonamides is 1. The molecular weight excluding hydrogens is 382 g/mol. The molecule has 2 amide bonds. The number of aryl methyl sites for hydroxylation is 3. The summed E-state index contributed by atoms with van der Waals surface area (Å²) < 4.78 is 37.7. The van der Waals surface area contributed by atoms with E-state index in [4.69, 9.17) is 9.26 Å². The Morgan fingerprint density at radius 1 is 1.00 bits per heavy atom. The van der Waals surface area contributed by atoms with Crippen LogP contribution in [0.4, 0.5) is 10.5 Å². The van der Waals surface area contributed by atoms with Crippen LogP contribution in [0.5, 0.6) is 5.75 Å². The summed E-state index contributed by atoms with van der Waals surface area (Å²) in [6, 6.07) is 1.46. The van der Waals surface area contributed by atoms with Crippen LogP contribution < -0.4 is 14.8 Å². The Morgan fingerprint density at radius 2 is 1.71 bits per heavy atom. The van der Waals surface area contributed by atoms with Crippen molar-refractivity contribution in [3.8, 4) is 5.75 Å². The predicted octanol–water partition coefficient (Wildman–Crippen LogP) is 2.49. The van der Waals surface area contributed by atoms with Crippen LogP contribution in [0.2, 0.25) is 0 Å². The number of carbonyl (C=O) groups is 1. The van der Waals surface area contributed by atoms with Crippen molar-refractivity contribution in [1.82, 2.24) is 9.88 Å². The molecule has 0 fully saturated rings. The predicted molar refractivity (Wildman–Crippen MR) is 100 cm³/mol. The van der Waals surface area contributed by atoms with Gasteiger partial charge in [-0.25, -0.2) is 9.52 Å². The van der Waals surface area contributed by atoms with Crippen molar-refractivity contribution in [2.75, 3.05) is 11.9 Å². The van der Waals surface area contributed by atoms with E-state index in [2.05, 4.69) is 16.5 Å². The molecule has 0 radical (unpaired) electrons. The van der Waals surface area contributed by atoms with Gasteiger partial charge in [-0.2, -0.15) is 8.42 Å². The van der Waals surface area contributed by atoms with Crippen molar-refractivity contribution in [3.63, 3.8) is 0 Å². The second kappa shape index (κ2) is 6.51. The maximum atomic E-state index is 12.6. The first-order chi connectivity index (χ1) is 13.5. The lowest BCUT2D eigenvalue weighted by Crippen LogP contribution is -2.35. The van der Waals surface area contributed by atoms with Crippen molar-refractivity contribution >= 4 is 21.7 Å². The van der Waals surface area contributed by atoms with E-state index in [0.717, 1.165) is 61.8 Å². The molecule has 2 aliphatic carbocycles. The number of hydrogen-bond donors (Lipinski definition) is 2. The first-order valence-corrected chi connectivity index (χ1v) is 11.1. The first kappa shape index (κ1) is 17.5. The number of carbonyl (C=O) groups excluding carboxylic acids is 1. The molecule has 0 saturated heterocycles. The molecular formula is C19H21N3O5S. The van der Waals surface area contributed by atoms with Crippen molar-refractivity contribution < 1.29 is 22.5 Å². The van der Waals surface area contributed by atoms with Gasteiger partial charge in [0.2, 0.25) is 5.75 Å². The lowest BCUT2D eigenvalue weighted by atomic mass is 9.99. The van der Waals surface area contributed by atoms with Gasteiger partial charge in [0, 0.05) is 12.1 Å². The van der Waals surface area contributed by atoms with E-state index in [1.807, 2.05) is 4.72 Å². The normalized spacial score (nSPS) is 17.4. The number of benzene rings is 1. The fourth-order valence-electron chi connectivity index (χ4n) is 4.46. The summed E-state index contributed by atoms with van der Waals surface area (Å²) in [5, 5.41) is 6.12. The molecule has 8 nitrogen and oxygen atoms in total. The number of ether oxygens (including phenoxy) is 1. The summed E-state index contributed by atoms with van der Waals surface area (Å²) in [6.45, 7) is 0.394. The second-order valence-corrected chi connectivity index (χ2v) is 9.07. The highest BCUT2D eigenvalue weighted by Crippen LogP contribution is 2.38. The summed E-state index contributed by atoms with van der Waals surface area (Å²) in [4.78, 5) is 12.6. The van der Waals surface area contributed by atoms with Gasteiger partial charge >= 0.3 is 21.1 Å². The number of rotatable bonds is 3. The van der Waals surface area contributed by atoms with Crippen LogP contribution in [0.15, 0.2) is 15.7 Å². The Hall–Kier alpha value is -2.55. The summed E-state index contributed by atoms with van der Waals surface area (Å²) in [5.74, 6) is 0.105. The monoisotopic (exact) mass is 403 g/mol. The summed E-state index contributed by atoms with van der Waals surface area (Å²) in [7, 11) is -4.22. The third-order valence-corrected chi connectivity index (χ3v) is 6.88. The lowest BCUT2D eigenvalue weighted by molar-refractivity contribution is 0.255. The van der Waals surface area contributed by atoms with Gasteiger partial charge in [-0.3, -0.25) is 0 Å². The molecule has 28 heavy (non-hydrogen) atoms. The first-order valence-electron chi connectivity index (χ1n) is 9.64. The van der Waals surface area contributed by atoms with Crippen LogP contribution in [0.3, 0.4) is 0 Å². The van der Waals surface area contributed by atoms with Crippen LogP contribution in [0.25, 0.3) is 0 Å². The zero-order valence-electron chi connectivity index (χ0n) is 15.3.